The minimum absolute atomic E-state index is 0.00259. The minimum Gasteiger partial charge on any atom is -0.274 e. The Bertz CT molecular complexity index is 1680. The number of aromatic nitrogens is 2. The third kappa shape index (κ3) is 4.44. The van der Waals surface area contributed by atoms with Crippen LogP contribution in [0.1, 0.15) is 38.5 Å². The van der Waals surface area contributed by atoms with Crippen LogP contribution in [-0.2, 0) is 22.6 Å². The van der Waals surface area contributed by atoms with Crippen molar-refractivity contribution in [1.82, 2.24) is 13.9 Å². The van der Waals surface area contributed by atoms with E-state index in [0.717, 1.165) is 21.0 Å². The van der Waals surface area contributed by atoms with E-state index in [-0.39, 0.29) is 46.3 Å². The predicted octanol–water partition coefficient (Wildman–Crippen LogP) is 5.83. The Hall–Kier alpha value is -3.41. The summed E-state index contributed by atoms with van der Waals surface area (Å²) in [5.74, 6) is -0.861. The van der Waals surface area contributed by atoms with Gasteiger partial charge in [0.05, 0.1) is 42.7 Å². The van der Waals surface area contributed by atoms with Crippen molar-refractivity contribution in [3.8, 4) is 0 Å². The molecule has 0 atom stereocenters. The topological polar surface area (TPSA) is 89.3 Å². The van der Waals surface area contributed by atoms with E-state index in [0.29, 0.717) is 23.3 Å². The fourth-order valence-corrected chi connectivity index (χ4v) is 6.11. The number of fused-ring (bicyclic) bond motifs is 2. The first-order chi connectivity index (χ1) is 17.9. The van der Waals surface area contributed by atoms with Crippen molar-refractivity contribution in [2.24, 2.45) is 0 Å². The number of hydrogen-bond acceptors (Lipinski definition) is 5. The second-order valence-electron chi connectivity index (χ2n) is 8.49. The van der Waals surface area contributed by atoms with Gasteiger partial charge in [0.2, 0.25) is 0 Å². The molecule has 0 bridgehead atoms. The zero-order chi connectivity index (χ0) is 27.4. The summed E-state index contributed by atoms with van der Waals surface area (Å²) in [5, 5.41) is 0.189. The number of aryl methyl sites for hydroxylation is 1. The number of benzene rings is 3. The maximum absolute atomic E-state index is 13.6. The lowest BCUT2D eigenvalue weighted by Crippen LogP contribution is -2.31. The molecule has 2 heterocycles. The Morgan fingerprint density at radius 3 is 2.03 bits per heavy atom. The highest BCUT2D eigenvalue weighted by atomic mass is 35.5. The molecule has 1 aliphatic heterocycles. The van der Waals surface area contributed by atoms with Gasteiger partial charge in [0.25, 0.3) is 21.8 Å². The molecule has 5 rings (SSSR count). The standard InChI is InChI=1S/C25H16Cl2F3N3O4S/c26-18-12-20-21(13-19(18)27)33(38(36,37)15-9-7-14(8-10-15)25(28,29)30)22(31-20)6-3-11-32-23(34)16-4-1-2-5-17(16)24(32)35/h1-2,4-5,7-10,12-13H,3,6,11H2. The molecule has 0 saturated heterocycles. The van der Waals surface area contributed by atoms with Crippen LogP contribution in [0.15, 0.2) is 65.6 Å². The number of carbonyl (C=O) groups is 2. The maximum Gasteiger partial charge on any atom is 0.416 e. The fraction of sp³-hybridized carbons (Fsp3) is 0.160. The van der Waals surface area contributed by atoms with Crippen molar-refractivity contribution in [3.05, 3.63) is 93.2 Å². The summed E-state index contributed by atoms with van der Waals surface area (Å²) in [6.45, 7) is -0.00259. The number of rotatable bonds is 6. The van der Waals surface area contributed by atoms with Crippen LogP contribution in [-0.4, -0.2) is 40.6 Å². The van der Waals surface area contributed by atoms with Crippen LogP contribution in [0.2, 0.25) is 10.0 Å². The monoisotopic (exact) mass is 581 g/mol. The van der Waals surface area contributed by atoms with Gasteiger partial charge >= 0.3 is 6.18 Å². The number of carbonyl (C=O) groups excluding carboxylic acids is 2. The van der Waals surface area contributed by atoms with Gasteiger partial charge in [-0.2, -0.15) is 13.2 Å². The SMILES string of the molecule is O=C1c2ccccc2C(=O)N1CCCc1nc2cc(Cl)c(Cl)cc2n1S(=O)(=O)c1ccc(C(F)(F)F)cc1. The average molecular weight is 582 g/mol. The van der Waals surface area contributed by atoms with Crippen LogP contribution >= 0.6 is 23.2 Å². The van der Waals surface area contributed by atoms with Gasteiger partial charge in [-0.1, -0.05) is 35.3 Å². The molecule has 0 fully saturated rings. The molecule has 3 aromatic carbocycles. The zero-order valence-corrected chi connectivity index (χ0v) is 21.5. The number of halogens is 5. The van der Waals surface area contributed by atoms with E-state index in [1.54, 1.807) is 24.3 Å². The first-order valence-electron chi connectivity index (χ1n) is 11.1. The number of amides is 2. The second kappa shape index (κ2) is 9.40. The molecule has 0 aliphatic carbocycles. The molecule has 0 unspecified atom stereocenters. The van der Waals surface area contributed by atoms with Crippen LogP contribution in [0.3, 0.4) is 0 Å². The summed E-state index contributed by atoms with van der Waals surface area (Å²) in [5.41, 5.74) is -0.138. The van der Waals surface area contributed by atoms with E-state index in [1.165, 1.54) is 12.1 Å². The Morgan fingerprint density at radius 2 is 1.45 bits per heavy atom. The molecule has 1 aliphatic rings. The molecule has 196 valence electrons. The smallest absolute Gasteiger partial charge is 0.274 e. The highest BCUT2D eigenvalue weighted by molar-refractivity contribution is 7.90. The van der Waals surface area contributed by atoms with E-state index in [1.807, 2.05) is 0 Å². The largest absolute Gasteiger partial charge is 0.416 e. The van der Waals surface area contributed by atoms with Gasteiger partial charge in [-0.15, -0.1) is 0 Å². The zero-order valence-electron chi connectivity index (χ0n) is 19.2. The predicted molar refractivity (Wildman–Crippen MR) is 134 cm³/mol. The van der Waals surface area contributed by atoms with Gasteiger partial charge < -0.3 is 0 Å². The van der Waals surface area contributed by atoms with Crippen LogP contribution in [0, 0.1) is 0 Å². The van der Waals surface area contributed by atoms with Gasteiger partial charge in [-0.05, 0) is 55.0 Å². The second-order valence-corrected chi connectivity index (χ2v) is 11.1. The van der Waals surface area contributed by atoms with Crippen molar-refractivity contribution in [2.75, 3.05) is 6.54 Å². The van der Waals surface area contributed by atoms with Crippen molar-refractivity contribution in [1.29, 1.82) is 0 Å². The first kappa shape index (κ1) is 26.2. The van der Waals surface area contributed by atoms with E-state index in [2.05, 4.69) is 4.98 Å². The molecule has 4 aromatic rings. The Balaban J connectivity index is 1.49. The molecular formula is C25H16Cl2F3N3O4S. The Labute approximate surface area is 224 Å². The van der Waals surface area contributed by atoms with Crippen LogP contribution in [0.25, 0.3) is 11.0 Å². The van der Waals surface area contributed by atoms with Gasteiger partial charge in [0, 0.05) is 13.0 Å². The third-order valence-corrected chi connectivity index (χ3v) is 8.58. The quantitative estimate of drug-likeness (QED) is 0.267. The summed E-state index contributed by atoms with van der Waals surface area (Å²) in [6.07, 6.45) is -4.46. The average Bonchev–Trinajstić information content (AvgIpc) is 3.34. The van der Waals surface area contributed by atoms with Gasteiger partial charge in [-0.3, -0.25) is 14.5 Å². The van der Waals surface area contributed by atoms with Crippen LogP contribution in [0.5, 0.6) is 0 Å². The summed E-state index contributed by atoms with van der Waals surface area (Å²) in [4.78, 5) is 30.4. The highest BCUT2D eigenvalue weighted by Gasteiger charge is 2.35. The lowest BCUT2D eigenvalue weighted by atomic mass is 10.1. The molecule has 0 N–H and O–H groups in total. The lowest BCUT2D eigenvalue weighted by molar-refractivity contribution is -0.137. The van der Waals surface area contributed by atoms with Crippen LogP contribution in [0.4, 0.5) is 13.2 Å². The molecular weight excluding hydrogens is 566 g/mol. The molecule has 2 amide bonds. The highest BCUT2D eigenvalue weighted by Crippen LogP contribution is 2.33. The molecule has 1 aromatic heterocycles. The number of imidazole rings is 1. The van der Waals surface area contributed by atoms with Crippen molar-refractivity contribution < 1.29 is 31.2 Å². The Morgan fingerprint density at radius 1 is 0.868 bits per heavy atom. The number of nitrogens with zero attached hydrogens (tertiary/aromatic N) is 3. The lowest BCUT2D eigenvalue weighted by Gasteiger charge is -2.15. The third-order valence-electron chi connectivity index (χ3n) is 6.10. The van der Waals surface area contributed by atoms with Gasteiger partial charge in [-0.25, -0.2) is 17.4 Å². The number of imide groups is 1. The Kier molecular flexibility index (Phi) is 6.49. The molecule has 0 radical (unpaired) electrons. The van der Waals surface area contributed by atoms with Crippen molar-refractivity contribution in [3.63, 3.8) is 0 Å². The van der Waals surface area contributed by atoms with E-state index < -0.39 is 38.5 Å². The van der Waals surface area contributed by atoms with E-state index in [9.17, 15) is 31.2 Å². The van der Waals surface area contributed by atoms with Gasteiger partial charge in [0.15, 0.2) is 0 Å². The molecule has 13 heteroatoms. The molecule has 7 nitrogen and oxygen atoms in total. The van der Waals surface area contributed by atoms with Crippen molar-refractivity contribution in [2.45, 2.75) is 23.9 Å². The van der Waals surface area contributed by atoms with Crippen LogP contribution < -0.4 is 0 Å². The number of hydrogen-bond donors (Lipinski definition) is 0. The summed E-state index contributed by atoms with van der Waals surface area (Å²) < 4.78 is 67.1. The first-order valence-corrected chi connectivity index (χ1v) is 13.3. The van der Waals surface area contributed by atoms with E-state index >= 15 is 0 Å². The maximum atomic E-state index is 13.6. The molecule has 0 spiro atoms. The minimum atomic E-state index is -4.64. The normalized spacial score (nSPS) is 14.0. The van der Waals surface area contributed by atoms with Gasteiger partial charge in [0.1, 0.15) is 5.82 Å². The van der Waals surface area contributed by atoms with E-state index in [4.69, 9.17) is 23.2 Å². The molecule has 38 heavy (non-hydrogen) atoms. The summed E-state index contributed by atoms with van der Waals surface area (Å²) in [6, 6.07) is 12.2. The number of alkyl halides is 3. The van der Waals surface area contributed by atoms with Crippen molar-refractivity contribution >= 4 is 56.1 Å². The summed E-state index contributed by atoms with van der Waals surface area (Å²) >= 11 is 12.2. The summed E-state index contributed by atoms with van der Waals surface area (Å²) in [7, 11) is -4.42. The fourth-order valence-electron chi connectivity index (χ4n) is 4.29. The molecule has 0 saturated carbocycles.